The van der Waals surface area contributed by atoms with Crippen molar-refractivity contribution in [2.45, 2.75) is 19.1 Å². The SMILES string of the molecule is O=C(O)CC1Oc2ccccc2N(Cc2nc3c(F)c(Cl)c(Cl)cc3s2)C1=O. The summed E-state index contributed by atoms with van der Waals surface area (Å²) in [6.45, 7) is 0.0311. The van der Waals surface area contributed by atoms with Crippen LogP contribution in [-0.2, 0) is 16.1 Å². The lowest BCUT2D eigenvalue weighted by atomic mass is 10.1. The van der Waals surface area contributed by atoms with Crippen LogP contribution in [0.4, 0.5) is 10.1 Å². The van der Waals surface area contributed by atoms with Gasteiger partial charge >= 0.3 is 5.97 Å². The van der Waals surface area contributed by atoms with Crippen molar-refractivity contribution in [1.29, 1.82) is 0 Å². The van der Waals surface area contributed by atoms with Gasteiger partial charge < -0.3 is 9.84 Å². The molecule has 0 radical (unpaired) electrons. The van der Waals surface area contributed by atoms with Gasteiger partial charge in [0.15, 0.2) is 11.9 Å². The second kappa shape index (κ2) is 7.20. The van der Waals surface area contributed by atoms with Crippen molar-refractivity contribution in [1.82, 2.24) is 4.98 Å². The molecule has 0 saturated heterocycles. The normalized spacial score (nSPS) is 16.2. The molecule has 1 aromatic heterocycles. The summed E-state index contributed by atoms with van der Waals surface area (Å²) in [5, 5.41) is 9.38. The molecule has 10 heteroatoms. The number of anilines is 1. The molecule has 1 N–H and O–H groups in total. The van der Waals surface area contributed by atoms with Gasteiger partial charge in [0, 0.05) is 0 Å². The summed E-state index contributed by atoms with van der Waals surface area (Å²) >= 11 is 12.9. The number of aliphatic carboxylic acids is 1. The molecule has 144 valence electrons. The third-order valence-electron chi connectivity index (χ3n) is 4.19. The van der Waals surface area contributed by atoms with Crippen LogP contribution < -0.4 is 9.64 Å². The average molecular weight is 441 g/mol. The van der Waals surface area contributed by atoms with Gasteiger partial charge in [0.2, 0.25) is 0 Å². The van der Waals surface area contributed by atoms with Crippen molar-refractivity contribution >= 4 is 62.3 Å². The molecular weight excluding hydrogens is 430 g/mol. The number of carboxylic acid groups (broad SMARTS) is 1. The van der Waals surface area contributed by atoms with Gasteiger partial charge in [-0.25, -0.2) is 9.37 Å². The Morgan fingerprint density at radius 2 is 2.11 bits per heavy atom. The summed E-state index contributed by atoms with van der Waals surface area (Å²) in [5.74, 6) is -1.98. The maximum absolute atomic E-state index is 14.3. The van der Waals surface area contributed by atoms with Crippen LogP contribution in [0.25, 0.3) is 10.2 Å². The number of carbonyl (C=O) groups is 2. The smallest absolute Gasteiger partial charge is 0.307 e. The molecule has 1 unspecified atom stereocenters. The maximum Gasteiger partial charge on any atom is 0.307 e. The second-order valence-corrected chi connectivity index (χ2v) is 7.94. The van der Waals surface area contributed by atoms with Gasteiger partial charge in [-0.3, -0.25) is 14.5 Å². The number of nitrogens with zero attached hydrogens (tertiary/aromatic N) is 2. The van der Waals surface area contributed by atoms with Crippen LogP contribution in [0.15, 0.2) is 30.3 Å². The Morgan fingerprint density at radius 1 is 1.36 bits per heavy atom. The van der Waals surface area contributed by atoms with Crippen molar-refractivity contribution < 1.29 is 23.8 Å². The molecule has 0 spiro atoms. The number of ether oxygens (including phenoxy) is 1. The molecule has 1 amide bonds. The molecule has 2 heterocycles. The summed E-state index contributed by atoms with van der Waals surface area (Å²) in [5.41, 5.74) is 0.565. The Kier molecular flexibility index (Phi) is 4.86. The highest BCUT2D eigenvalue weighted by molar-refractivity contribution is 7.18. The lowest BCUT2D eigenvalue weighted by Crippen LogP contribution is -2.46. The van der Waals surface area contributed by atoms with E-state index in [0.717, 1.165) is 0 Å². The molecule has 1 aliphatic rings. The van der Waals surface area contributed by atoms with Crippen LogP contribution in [0.1, 0.15) is 11.4 Å². The lowest BCUT2D eigenvalue weighted by Gasteiger charge is -2.33. The highest BCUT2D eigenvalue weighted by atomic mass is 35.5. The Hall–Kier alpha value is -2.42. The number of amides is 1. The monoisotopic (exact) mass is 440 g/mol. The number of hydrogen-bond acceptors (Lipinski definition) is 5. The lowest BCUT2D eigenvalue weighted by molar-refractivity contribution is -0.142. The zero-order valence-corrected chi connectivity index (χ0v) is 16.3. The highest BCUT2D eigenvalue weighted by Crippen LogP contribution is 2.38. The predicted molar refractivity (Wildman–Crippen MR) is 104 cm³/mol. The van der Waals surface area contributed by atoms with Gasteiger partial charge in [0.1, 0.15) is 16.3 Å². The van der Waals surface area contributed by atoms with Gasteiger partial charge in [0.25, 0.3) is 5.91 Å². The third kappa shape index (κ3) is 3.28. The van der Waals surface area contributed by atoms with Crippen molar-refractivity contribution in [3.63, 3.8) is 0 Å². The summed E-state index contributed by atoms with van der Waals surface area (Å²) < 4.78 is 20.4. The van der Waals surface area contributed by atoms with Gasteiger partial charge in [0.05, 0.1) is 33.4 Å². The summed E-state index contributed by atoms with van der Waals surface area (Å²) in [6.07, 6.45) is -1.62. The number of benzene rings is 2. The predicted octanol–water partition coefficient (Wildman–Crippen LogP) is 4.51. The minimum absolute atomic E-state index is 0.0311. The molecule has 1 aliphatic heterocycles. The van der Waals surface area contributed by atoms with Gasteiger partial charge in [-0.1, -0.05) is 35.3 Å². The first-order chi connectivity index (χ1) is 13.3. The van der Waals surface area contributed by atoms with Crippen molar-refractivity contribution in [3.8, 4) is 5.75 Å². The Bertz CT molecular complexity index is 1120. The first kappa shape index (κ1) is 18.9. The minimum atomic E-state index is -1.15. The number of thiazole rings is 1. The molecule has 0 fully saturated rings. The standard InChI is InChI=1S/C18H11Cl2FN2O4S/c19-8-5-12-17(16(21)15(8)20)22-13(28-12)7-23-9-3-1-2-4-10(9)27-11(18(23)26)6-14(24)25/h1-5,11H,6-7H2,(H,24,25). The number of para-hydroxylation sites is 2. The van der Waals surface area contributed by atoms with Crippen LogP contribution in [0.2, 0.25) is 10.0 Å². The molecule has 6 nitrogen and oxygen atoms in total. The van der Waals surface area contributed by atoms with Crippen LogP contribution in [0.5, 0.6) is 5.75 Å². The summed E-state index contributed by atoms with van der Waals surface area (Å²) in [7, 11) is 0. The van der Waals surface area contributed by atoms with Gasteiger partial charge in [-0.2, -0.15) is 0 Å². The number of carbonyl (C=O) groups excluding carboxylic acids is 1. The first-order valence-corrected chi connectivity index (χ1v) is 9.64. The van der Waals surface area contributed by atoms with E-state index in [1.807, 2.05) is 0 Å². The van der Waals surface area contributed by atoms with Crippen molar-refractivity contribution in [2.75, 3.05) is 4.90 Å². The quantitative estimate of drug-likeness (QED) is 0.603. The zero-order valence-electron chi connectivity index (χ0n) is 14.0. The number of carboxylic acids is 1. The minimum Gasteiger partial charge on any atom is -0.481 e. The fourth-order valence-electron chi connectivity index (χ4n) is 2.95. The Balaban J connectivity index is 1.73. The summed E-state index contributed by atoms with van der Waals surface area (Å²) in [4.78, 5) is 29.5. The maximum atomic E-state index is 14.3. The fraction of sp³-hybridized carbons (Fsp3) is 0.167. The van der Waals surface area contributed by atoms with Crippen LogP contribution in [0, 0.1) is 5.82 Å². The summed E-state index contributed by atoms with van der Waals surface area (Å²) in [6, 6.07) is 8.32. The van der Waals surface area contributed by atoms with E-state index in [9.17, 15) is 14.0 Å². The molecule has 4 rings (SSSR count). The number of halogens is 3. The molecule has 3 aromatic rings. The fourth-order valence-corrected chi connectivity index (χ4v) is 4.34. The van der Waals surface area contributed by atoms with E-state index in [1.54, 1.807) is 24.3 Å². The Labute approximate surface area is 172 Å². The van der Waals surface area contributed by atoms with Crippen LogP contribution in [0.3, 0.4) is 0 Å². The van der Waals surface area contributed by atoms with Gasteiger partial charge in [-0.05, 0) is 18.2 Å². The van der Waals surface area contributed by atoms with E-state index in [2.05, 4.69) is 4.98 Å². The number of aromatic nitrogens is 1. The van der Waals surface area contributed by atoms with E-state index in [0.29, 0.717) is 21.1 Å². The zero-order chi connectivity index (χ0) is 20.0. The third-order valence-corrected chi connectivity index (χ3v) is 5.94. The molecule has 1 atom stereocenters. The highest BCUT2D eigenvalue weighted by Gasteiger charge is 2.36. The molecule has 0 saturated carbocycles. The largest absolute Gasteiger partial charge is 0.481 e. The molecular formula is C18H11Cl2FN2O4S. The van der Waals surface area contributed by atoms with Crippen molar-refractivity contribution in [2.24, 2.45) is 0 Å². The van der Waals surface area contributed by atoms with Crippen LogP contribution in [-0.4, -0.2) is 28.1 Å². The Morgan fingerprint density at radius 3 is 2.86 bits per heavy atom. The van der Waals surface area contributed by atoms with Crippen LogP contribution >= 0.6 is 34.5 Å². The van der Waals surface area contributed by atoms with E-state index < -0.39 is 30.2 Å². The number of hydrogen-bond donors (Lipinski definition) is 1. The number of rotatable bonds is 4. The van der Waals surface area contributed by atoms with Crippen molar-refractivity contribution in [3.05, 3.63) is 51.2 Å². The number of fused-ring (bicyclic) bond motifs is 2. The van der Waals surface area contributed by atoms with E-state index in [4.69, 9.17) is 33.0 Å². The molecule has 0 bridgehead atoms. The molecule has 0 aliphatic carbocycles. The van der Waals surface area contributed by atoms with E-state index in [-0.39, 0.29) is 22.1 Å². The topological polar surface area (TPSA) is 79.7 Å². The molecule has 28 heavy (non-hydrogen) atoms. The van der Waals surface area contributed by atoms with E-state index in [1.165, 1.54) is 22.3 Å². The average Bonchev–Trinajstić information content (AvgIpc) is 3.05. The first-order valence-electron chi connectivity index (χ1n) is 8.07. The van der Waals surface area contributed by atoms with Gasteiger partial charge in [-0.15, -0.1) is 11.3 Å². The second-order valence-electron chi connectivity index (χ2n) is 6.04. The van der Waals surface area contributed by atoms with E-state index >= 15 is 0 Å². The molecule has 2 aromatic carbocycles.